The van der Waals surface area contributed by atoms with E-state index in [1.807, 2.05) is 12.1 Å². The van der Waals surface area contributed by atoms with Crippen molar-refractivity contribution in [1.82, 2.24) is 0 Å². The van der Waals surface area contributed by atoms with Crippen LogP contribution >= 0.6 is 15.9 Å². The third kappa shape index (κ3) is 1.74. The first-order valence-electron chi connectivity index (χ1n) is 3.67. The summed E-state index contributed by atoms with van der Waals surface area (Å²) in [6, 6.07) is 5.97. The standard InChI is InChI=1S/C9H12BrN/c1-6(2)7-4-3-5-8(11)9(7)10/h3-6H,11H2,1-2H3. The van der Waals surface area contributed by atoms with Gasteiger partial charge in [0.2, 0.25) is 0 Å². The number of hydrogen-bond donors (Lipinski definition) is 1. The van der Waals surface area contributed by atoms with Gasteiger partial charge >= 0.3 is 0 Å². The third-order valence-corrected chi connectivity index (χ3v) is 2.60. The fourth-order valence-electron chi connectivity index (χ4n) is 1.01. The smallest absolute Gasteiger partial charge is 0.0461 e. The molecular weight excluding hydrogens is 202 g/mol. The van der Waals surface area contributed by atoms with Gasteiger partial charge in [-0.2, -0.15) is 0 Å². The van der Waals surface area contributed by atoms with Gasteiger partial charge in [0.1, 0.15) is 0 Å². The summed E-state index contributed by atoms with van der Waals surface area (Å²) in [5, 5.41) is 0. The van der Waals surface area contributed by atoms with E-state index in [2.05, 4.69) is 35.8 Å². The fraction of sp³-hybridized carbons (Fsp3) is 0.333. The molecule has 0 aliphatic carbocycles. The zero-order chi connectivity index (χ0) is 8.43. The van der Waals surface area contributed by atoms with Gasteiger partial charge in [-0.1, -0.05) is 26.0 Å². The van der Waals surface area contributed by atoms with Crippen molar-refractivity contribution in [2.75, 3.05) is 5.73 Å². The van der Waals surface area contributed by atoms with Crippen LogP contribution < -0.4 is 5.73 Å². The molecule has 11 heavy (non-hydrogen) atoms. The molecule has 0 aromatic heterocycles. The molecule has 0 atom stereocenters. The van der Waals surface area contributed by atoms with Gasteiger partial charge in [0.25, 0.3) is 0 Å². The van der Waals surface area contributed by atoms with Crippen molar-refractivity contribution >= 4 is 21.6 Å². The molecule has 0 fully saturated rings. The monoisotopic (exact) mass is 213 g/mol. The van der Waals surface area contributed by atoms with Crippen LogP contribution in [0, 0.1) is 0 Å². The molecule has 0 heterocycles. The van der Waals surface area contributed by atoms with E-state index in [4.69, 9.17) is 5.73 Å². The fourth-order valence-corrected chi connectivity index (χ4v) is 1.74. The molecule has 60 valence electrons. The lowest BCUT2D eigenvalue weighted by molar-refractivity contribution is 0.861. The van der Waals surface area contributed by atoms with Gasteiger partial charge in [0.05, 0.1) is 0 Å². The molecule has 0 radical (unpaired) electrons. The Balaban J connectivity index is 3.17. The normalized spacial score (nSPS) is 10.5. The highest BCUT2D eigenvalue weighted by Gasteiger charge is 2.05. The Morgan fingerprint density at radius 1 is 1.36 bits per heavy atom. The van der Waals surface area contributed by atoms with Crippen LogP contribution in [-0.2, 0) is 0 Å². The molecule has 0 aliphatic heterocycles. The number of rotatable bonds is 1. The molecule has 0 unspecified atom stereocenters. The maximum atomic E-state index is 5.71. The largest absolute Gasteiger partial charge is 0.398 e. The molecule has 0 amide bonds. The summed E-state index contributed by atoms with van der Waals surface area (Å²) in [4.78, 5) is 0. The maximum Gasteiger partial charge on any atom is 0.0461 e. The minimum Gasteiger partial charge on any atom is -0.398 e. The van der Waals surface area contributed by atoms with Crippen molar-refractivity contribution in [2.24, 2.45) is 0 Å². The highest BCUT2D eigenvalue weighted by molar-refractivity contribution is 9.10. The van der Waals surface area contributed by atoms with Crippen LogP contribution in [0.15, 0.2) is 22.7 Å². The molecule has 0 bridgehead atoms. The highest BCUT2D eigenvalue weighted by atomic mass is 79.9. The Morgan fingerprint density at radius 3 is 2.45 bits per heavy atom. The number of nitrogen functional groups attached to an aromatic ring is 1. The summed E-state index contributed by atoms with van der Waals surface area (Å²) in [5.74, 6) is 0.521. The molecule has 0 saturated carbocycles. The lowest BCUT2D eigenvalue weighted by Gasteiger charge is -2.09. The quantitative estimate of drug-likeness (QED) is 0.714. The van der Waals surface area contributed by atoms with Crippen LogP contribution in [-0.4, -0.2) is 0 Å². The van der Waals surface area contributed by atoms with Gasteiger partial charge in [-0.25, -0.2) is 0 Å². The van der Waals surface area contributed by atoms with Gasteiger partial charge in [-0.3, -0.25) is 0 Å². The number of anilines is 1. The Labute approximate surface area is 75.7 Å². The Kier molecular flexibility index (Phi) is 2.55. The van der Waals surface area contributed by atoms with Crippen LogP contribution in [0.4, 0.5) is 5.69 Å². The second kappa shape index (κ2) is 3.26. The third-order valence-electron chi connectivity index (χ3n) is 1.68. The summed E-state index contributed by atoms with van der Waals surface area (Å²) in [7, 11) is 0. The van der Waals surface area contributed by atoms with E-state index in [-0.39, 0.29) is 0 Å². The average molecular weight is 214 g/mol. The average Bonchev–Trinajstić information content (AvgIpc) is 1.94. The second-order valence-corrected chi connectivity index (χ2v) is 3.70. The first-order chi connectivity index (χ1) is 5.13. The summed E-state index contributed by atoms with van der Waals surface area (Å²) < 4.78 is 1.04. The number of halogens is 1. The first kappa shape index (κ1) is 8.60. The molecule has 2 heteroatoms. The van der Waals surface area contributed by atoms with Crippen LogP contribution in [0.2, 0.25) is 0 Å². The molecule has 0 aliphatic rings. The zero-order valence-corrected chi connectivity index (χ0v) is 8.35. The van der Waals surface area contributed by atoms with E-state index in [9.17, 15) is 0 Å². The molecule has 1 aromatic carbocycles. The van der Waals surface area contributed by atoms with E-state index >= 15 is 0 Å². The SMILES string of the molecule is CC(C)c1cccc(N)c1Br. The maximum absolute atomic E-state index is 5.71. The summed E-state index contributed by atoms with van der Waals surface area (Å²) >= 11 is 3.46. The summed E-state index contributed by atoms with van der Waals surface area (Å²) in [6.07, 6.45) is 0. The van der Waals surface area contributed by atoms with Gasteiger partial charge in [0.15, 0.2) is 0 Å². The van der Waals surface area contributed by atoms with Crippen molar-refractivity contribution < 1.29 is 0 Å². The highest BCUT2D eigenvalue weighted by Crippen LogP contribution is 2.28. The summed E-state index contributed by atoms with van der Waals surface area (Å²) in [6.45, 7) is 4.30. The van der Waals surface area contributed by atoms with Crippen molar-refractivity contribution in [2.45, 2.75) is 19.8 Å². The van der Waals surface area contributed by atoms with Gasteiger partial charge in [-0.15, -0.1) is 0 Å². The topological polar surface area (TPSA) is 26.0 Å². The van der Waals surface area contributed by atoms with Crippen LogP contribution in [0.3, 0.4) is 0 Å². The minimum absolute atomic E-state index is 0.521. The predicted octanol–water partition coefficient (Wildman–Crippen LogP) is 3.15. The van der Waals surface area contributed by atoms with Crippen LogP contribution in [0.5, 0.6) is 0 Å². The van der Waals surface area contributed by atoms with E-state index in [1.54, 1.807) is 0 Å². The van der Waals surface area contributed by atoms with Crippen molar-refractivity contribution in [3.8, 4) is 0 Å². The molecular formula is C9H12BrN. The van der Waals surface area contributed by atoms with Crippen molar-refractivity contribution in [3.05, 3.63) is 28.2 Å². The van der Waals surface area contributed by atoms with Gasteiger partial charge in [0, 0.05) is 10.2 Å². The first-order valence-corrected chi connectivity index (χ1v) is 4.46. The van der Waals surface area contributed by atoms with E-state index in [1.165, 1.54) is 5.56 Å². The van der Waals surface area contributed by atoms with E-state index in [0.29, 0.717) is 5.92 Å². The molecule has 0 saturated heterocycles. The van der Waals surface area contributed by atoms with Crippen LogP contribution in [0.25, 0.3) is 0 Å². The lowest BCUT2D eigenvalue weighted by atomic mass is 10.0. The van der Waals surface area contributed by atoms with Gasteiger partial charge < -0.3 is 5.73 Å². The lowest BCUT2D eigenvalue weighted by Crippen LogP contribution is -1.93. The molecule has 0 spiro atoms. The van der Waals surface area contributed by atoms with Crippen LogP contribution in [0.1, 0.15) is 25.3 Å². The number of benzene rings is 1. The second-order valence-electron chi connectivity index (χ2n) is 2.91. The number of hydrogen-bond acceptors (Lipinski definition) is 1. The molecule has 1 nitrogen and oxygen atoms in total. The molecule has 1 rings (SSSR count). The summed E-state index contributed by atoms with van der Waals surface area (Å²) in [5.41, 5.74) is 7.80. The van der Waals surface area contributed by atoms with E-state index in [0.717, 1.165) is 10.2 Å². The molecule has 2 N–H and O–H groups in total. The van der Waals surface area contributed by atoms with E-state index < -0.39 is 0 Å². The van der Waals surface area contributed by atoms with Gasteiger partial charge in [-0.05, 0) is 33.5 Å². The van der Waals surface area contributed by atoms with Crippen molar-refractivity contribution in [3.63, 3.8) is 0 Å². The minimum atomic E-state index is 0.521. The zero-order valence-electron chi connectivity index (χ0n) is 6.76. The molecule has 1 aromatic rings. The Morgan fingerprint density at radius 2 is 2.00 bits per heavy atom. The Bertz CT molecular complexity index is 256. The number of nitrogens with two attached hydrogens (primary N) is 1. The van der Waals surface area contributed by atoms with Crippen molar-refractivity contribution in [1.29, 1.82) is 0 Å². The predicted molar refractivity (Wildman–Crippen MR) is 52.6 cm³/mol. The Hall–Kier alpha value is -0.500.